The fraction of sp³-hybridized carbons (Fsp3) is 0.421. The number of hydrogen-bond acceptors (Lipinski definition) is 4. The number of likely N-dealkylation sites (tertiary alicyclic amines) is 1. The molecular weight excluding hydrogens is 332 g/mol. The van der Waals surface area contributed by atoms with Crippen molar-refractivity contribution < 1.29 is 14.7 Å². The Kier molecular flexibility index (Phi) is 6.01. The fourth-order valence-corrected chi connectivity index (χ4v) is 3.34. The number of amides is 2. The lowest BCUT2D eigenvalue weighted by Gasteiger charge is -2.37. The zero-order valence-electron chi connectivity index (χ0n) is 14.7. The van der Waals surface area contributed by atoms with E-state index in [1.807, 2.05) is 18.2 Å². The van der Waals surface area contributed by atoms with Crippen LogP contribution in [0.4, 0.5) is 0 Å². The number of hydrogen-bond donors (Lipinski definition) is 2. The van der Waals surface area contributed by atoms with E-state index in [2.05, 4.69) is 9.97 Å². The van der Waals surface area contributed by atoms with Crippen LogP contribution >= 0.6 is 0 Å². The molecule has 1 unspecified atom stereocenters. The third-order valence-corrected chi connectivity index (χ3v) is 4.65. The van der Waals surface area contributed by atoms with Gasteiger partial charge in [-0.25, -0.2) is 4.98 Å². The normalized spacial score (nSPS) is 17.1. The predicted octanol–water partition coefficient (Wildman–Crippen LogP) is 1.43. The second-order valence-corrected chi connectivity index (χ2v) is 6.40. The largest absolute Gasteiger partial charge is 0.395 e. The minimum absolute atomic E-state index is 0.120. The lowest BCUT2D eigenvalue weighted by Crippen LogP contribution is -2.53. The predicted molar refractivity (Wildman–Crippen MR) is 96.2 cm³/mol. The van der Waals surface area contributed by atoms with Crippen LogP contribution in [0.1, 0.15) is 35.4 Å². The highest BCUT2D eigenvalue weighted by Crippen LogP contribution is 2.22. The molecule has 0 spiro atoms. The van der Waals surface area contributed by atoms with Gasteiger partial charge in [-0.2, -0.15) is 0 Å². The van der Waals surface area contributed by atoms with Crippen LogP contribution in [-0.2, 0) is 11.3 Å². The van der Waals surface area contributed by atoms with Crippen molar-refractivity contribution in [2.24, 2.45) is 0 Å². The maximum absolute atomic E-state index is 13.1. The molecular formula is C19H24N4O3. The second kappa shape index (κ2) is 8.62. The summed E-state index contributed by atoms with van der Waals surface area (Å²) in [7, 11) is 0. The molecule has 1 aliphatic rings. The summed E-state index contributed by atoms with van der Waals surface area (Å²) >= 11 is 0. The van der Waals surface area contributed by atoms with Crippen LogP contribution in [0.25, 0.3) is 0 Å². The lowest BCUT2D eigenvalue weighted by atomic mass is 9.99. The summed E-state index contributed by atoms with van der Waals surface area (Å²) in [6, 6.07) is 8.55. The summed E-state index contributed by atoms with van der Waals surface area (Å²) in [6.07, 6.45) is 5.76. The van der Waals surface area contributed by atoms with Crippen LogP contribution in [0, 0.1) is 0 Å². The minimum atomic E-state index is -0.502. The Morgan fingerprint density at radius 2 is 2.08 bits per heavy atom. The molecule has 2 N–H and O–H groups in total. The number of imidazole rings is 1. The second-order valence-electron chi connectivity index (χ2n) is 6.40. The number of nitrogens with zero attached hydrogens (tertiary/aromatic N) is 3. The molecule has 138 valence electrons. The molecule has 1 fully saturated rings. The summed E-state index contributed by atoms with van der Waals surface area (Å²) in [5, 5.41) is 9.36. The smallest absolute Gasteiger partial charge is 0.254 e. The van der Waals surface area contributed by atoms with E-state index in [4.69, 9.17) is 0 Å². The number of aliphatic hydroxyl groups is 1. The maximum atomic E-state index is 13.1. The molecule has 0 bridgehead atoms. The standard InChI is InChI=1S/C19H24N4O3/c24-13-12-22(14-17-20-9-10-21-17)19(26)16-8-4-5-11-23(16)18(25)15-6-2-1-3-7-15/h1-3,6-7,9-10,16,24H,4-5,8,11-14H2,(H,20,21). The zero-order valence-corrected chi connectivity index (χ0v) is 14.7. The number of aromatic amines is 1. The van der Waals surface area contributed by atoms with Gasteiger partial charge in [0.1, 0.15) is 11.9 Å². The van der Waals surface area contributed by atoms with E-state index in [9.17, 15) is 14.7 Å². The number of benzene rings is 1. The number of nitrogens with one attached hydrogen (secondary N) is 1. The van der Waals surface area contributed by atoms with Crippen LogP contribution in [-0.4, -0.2) is 62.4 Å². The van der Waals surface area contributed by atoms with Crippen LogP contribution in [0.5, 0.6) is 0 Å². The first-order valence-electron chi connectivity index (χ1n) is 8.94. The molecule has 7 nitrogen and oxygen atoms in total. The Morgan fingerprint density at radius 3 is 2.77 bits per heavy atom. The van der Waals surface area contributed by atoms with Gasteiger partial charge in [-0.15, -0.1) is 0 Å². The zero-order chi connectivity index (χ0) is 18.4. The monoisotopic (exact) mass is 356 g/mol. The molecule has 0 aliphatic carbocycles. The summed E-state index contributed by atoms with van der Waals surface area (Å²) in [5.41, 5.74) is 0.590. The molecule has 1 saturated heterocycles. The highest BCUT2D eigenvalue weighted by molar-refractivity contribution is 5.97. The van der Waals surface area contributed by atoms with E-state index in [0.29, 0.717) is 24.4 Å². The van der Waals surface area contributed by atoms with Crippen molar-refractivity contribution in [1.29, 1.82) is 0 Å². The summed E-state index contributed by atoms with van der Waals surface area (Å²) in [4.78, 5) is 36.4. The van der Waals surface area contributed by atoms with Crippen LogP contribution in [0.15, 0.2) is 42.7 Å². The van der Waals surface area contributed by atoms with Crippen molar-refractivity contribution in [3.8, 4) is 0 Å². The van der Waals surface area contributed by atoms with Gasteiger partial charge in [-0.1, -0.05) is 18.2 Å². The number of carbonyl (C=O) groups excluding carboxylic acids is 2. The van der Waals surface area contributed by atoms with Crippen molar-refractivity contribution in [3.05, 3.63) is 54.1 Å². The van der Waals surface area contributed by atoms with E-state index in [1.54, 1.807) is 34.3 Å². The van der Waals surface area contributed by atoms with Gasteiger partial charge >= 0.3 is 0 Å². The van der Waals surface area contributed by atoms with Gasteiger partial charge in [0.2, 0.25) is 5.91 Å². The number of aromatic nitrogens is 2. The SMILES string of the molecule is O=C(C1CCCCN1C(=O)c1ccccc1)N(CCO)Cc1ncc[nH]1. The molecule has 2 heterocycles. The highest BCUT2D eigenvalue weighted by Gasteiger charge is 2.35. The van der Waals surface area contributed by atoms with Crippen molar-refractivity contribution in [2.75, 3.05) is 19.7 Å². The van der Waals surface area contributed by atoms with Crippen molar-refractivity contribution >= 4 is 11.8 Å². The Balaban J connectivity index is 1.78. The molecule has 1 aliphatic heterocycles. The molecule has 0 saturated carbocycles. The molecule has 3 rings (SSSR count). The van der Waals surface area contributed by atoms with E-state index < -0.39 is 6.04 Å². The van der Waals surface area contributed by atoms with Crippen LogP contribution in [0.2, 0.25) is 0 Å². The van der Waals surface area contributed by atoms with Gasteiger partial charge in [-0.3, -0.25) is 9.59 Å². The molecule has 7 heteroatoms. The van der Waals surface area contributed by atoms with E-state index in [0.717, 1.165) is 12.8 Å². The summed E-state index contributed by atoms with van der Waals surface area (Å²) in [5.74, 6) is 0.397. The van der Waals surface area contributed by atoms with E-state index >= 15 is 0 Å². The first-order valence-corrected chi connectivity index (χ1v) is 8.94. The van der Waals surface area contributed by atoms with Gasteiger partial charge < -0.3 is 19.9 Å². The maximum Gasteiger partial charge on any atom is 0.254 e. The Bertz CT molecular complexity index is 718. The third-order valence-electron chi connectivity index (χ3n) is 4.65. The number of H-pyrrole nitrogens is 1. The molecule has 0 radical (unpaired) electrons. The van der Waals surface area contributed by atoms with Crippen molar-refractivity contribution in [2.45, 2.75) is 31.8 Å². The summed E-state index contributed by atoms with van der Waals surface area (Å²) in [6.45, 7) is 0.934. The first kappa shape index (κ1) is 18.1. The van der Waals surface area contributed by atoms with Gasteiger partial charge in [0.15, 0.2) is 0 Å². The number of piperidine rings is 1. The molecule has 2 amide bonds. The molecule has 1 aromatic heterocycles. The fourth-order valence-electron chi connectivity index (χ4n) is 3.34. The Hall–Kier alpha value is -2.67. The van der Waals surface area contributed by atoms with Crippen LogP contribution in [0.3, 0.4) is 0 Å². The van der Waals surface area contributed by atoms with Crippen molar-refractivity contribution in [1.82, 2.24) is 19.8 Å². The first-order chi connectivity index (χ1) is 12.7. The molecule has 26 heavy (non-hydrogen) atoms. The quantitative estimate of drug-likeness (QED) is 0.819. The third kappa shape index (κ3) is 4.11. The Labute approximate surface area is 152 Å². The molecule has 2 aromatic rings. The Morgan fingerprint density at radius 1 is 1.27 bits per heavy atom. The van der Waals surface area contributed by atoms with Gasteiger partial charge in [0.05, 0.1) is 13.2 Å². The van der Waals surface area contributed by atoms with Gasteiger partial charge in [0, 0.05) is 31.0 Å². The highest BCUT2D eigenvalue weighted by atomic mass is 16.3. The lowest BCUT2D eigenvalue weighted by molar-refractivity contribution is -0.138. The minimum Gasteiger partial charge on any atom is -0.395 e. The average molecular weight is 356 g/mol. The summed E-state index contributed by atoms with van der Waals surface area (Å²) < 4.78 is 0. The molecule has 1 atom stereocenters. The van der Waals surface area contributed by atoms with E-state index in [-0.39, 0.29) is 31.5 Å². The van der Waals surface area contributed by atoms with Crippen molar-refractivity contribution in [3.63, 3.8) is 0 Å². The molecule has 1 aromatic carbocycles. The number of rotatable bonds is 6. The van der Waals surface area contributed by atoms with Gasteiger partial charge in [0.25, 0.3) is 5.91 Å². The number of aliphatic hydroxyl groups excluding tert-OH is 1. The topological polar surface area (TPSA) is 89.5 Å². The number of carbonyl (C=O) groups is 2. The average Bonchev–Trinajstić information content (AvgIpc) is 3.20. The van der Waals surface area contributed by atoms with Gasteiger partial charge in [-0.05, 0) is 31.4 Å². The van der Waals surface area contributed by atoms with E-state index in [1.165, 1.54) is 0 Å². The van der Waals surface area contributed by atoms with Crippen LogP contribution < -0.4 is 0 Å².